The van der Waals surface area contributed by atoms with Crippen LogP contribution in [0.5, 0.6) is 11.5 Å². The molecule has 6 fully saturated rings. The third-order valence-corrected chi connectivity index (χ3v) is 20.7. The van der Waals surface area contributed by atoms with Gasteiger partial charge in [0.15, 0.2) is 35.4 Å². The number of Topliss-reactive ketones (excluding diaryl/α,β-unsaturated/α-hetero) is 1. The number of ketones is 1. The van der Waals surface area contributed by atoms with Crippen molar-refractivity contribution in [2.24, 2.45) is 23.7 Å². The molecule has 23 nitrogen and oxygen atoms in total. The fourth-order valence-electron chi connectivity index (χ4n) is 14.5. The number of amides is 3. The van der Waals surface area contributed by atoms with E-state index in [-0.39, 0.29) is 63.9 Å². The van der Waals surface area contributed by atoms with Crippen LogP contribution in [0.2, 0.25) is 10.0 Å². The van der Waals surface area contributed by atoms with Crippen LogP contribution in [0.3, 0.4) is 0 Å². The van der Waals surface area contributed by atoms with Crippen molar-refractivity contribution in [2.75, 3.05) is 72.7 Å². The van der Waals surface area contributed by atoms with Gasteiger partial charge in [0.1, 0.15) is 24.1 Å². The highest BCUT2D eigenvalue weighted by Crippen LogP contribution is 2.50. The van der Waals surface area contributed by atoms with E-state index in [1.165, 1.54) is 43.3 Å². The van der Waals surface area contributed by atoms with Crippen LogP contribution in [0.25, 0.3) is 0 Å². The van der Waals surface area contributed by atoms with Crippen LogP contribution in [0.15, 0.2) is 30.6 Å². The smallest absolute Gasteiger partial charge is 0.413 e. The minimum Gasteiger partial charge on any atom is -0.493 e. The van der Waals surface area contributed by atoms with Crippen molar-refractivity contribution < 1.29 is 86.6 Å². The van der Waals surface area contributed by atoms with Crippen LogP contribution in [0.1, 0.15) is 133 Å². The number of ether oxygens (including phenoxy) is 11. The summed E-state index contributed by atoms with van der Waals surface area (Å²) in [5.74, 6) is -4.67. The molecule has 18 atom stereocenters. The van der Waals surface area contributed by atoms with Crippen LogP contribution >= 0.6 is 23.2 Å². The Kier molecular flexibility index (Phi) is 23.2. The van der Waals surface area contributed by atoms with Gasteiger partial charge in [0, 0.05) is 102 Å². The van der Waals surface area contributed by atoms with Gasteiger partial charge in [-0.3, -0.25) is 19.5 Å². The van der Waals surface area contributed by atoms with Gasteiger partial charge in [-0.15, -0.1) is 0 Å². The van der Waals surface area contributed by atoms with Gasteiger partial charge in [-0.25, -0.2) is 9.59 Å². The van der Waals surface area contributed by atoms with E-state index in [4.69, 9.17) is 75.3 Å². The number of nitrogens with zero attached hydrogens (tertiary/aromatic N) is 5. The molecule has 500 valence electrons. The maximum absolute atomic E-state index is 15.7. The molecule has 2 aromatic rings. The maximum atomic E-state index is 15.7. The van der Waals surface area contributed by atoms with Crippen molar-refractivity contribution in [1.82, 2.24) is 19.7 Å². The number of pyridine rings is 1. The number of anilines is 1. The number of aliphatic hydroxyl groups excluding tert-OH is 2. The summed E-state index contributed by atoms with van der Waals surface area (Å²) in [6.07, 6.45) is -3.59. The highest BCUT2D eigenvalue weighted by molar-refractivity contribution is 6.35. The topological polar surface area (TPSA) is 256 Å². The minimum atomic E-state index is -2.47. The van der Waals surface area contributed by atoms with Gasteiger partial charge in [0.2, 0.25) is 0 Å². The number of aromatic nitrogens is 1. The van der Waals surface area contributed by atoms with Gasteiger partial charge in [-0.1, -0.05) is 50.9 Å². The van der Waals surface area contributed by atoms with Crippen molar-refractivity contribution in [2.45, 2.75) is 224 Å². The van der Waals surface area contributed by atoms with Gasteiger partial charge in [0.25, 0.3) is 0 Å². The summed E-state index contributed by atoms with van der Waals surface area (Å²) in [6, 6.07) is 4.54. The lowest BCUT2D eigenvalue weighted by atomic mass is 9.71. The number of carbonyl (C=O) groups is 4. The molecule has 3 N–H and O–H groups in total. The quantitative estimate of drug-likeness (QED) is 0.119. The number of carbonyl (C=O) groups excluding carboxylic acids is 4. The predicted molar refractivity (Wildman–Crippen MR) is 329 cm³/mol. The number of rotatable bonds is 18. The highest BCUT2D eigenvalue weighted by atomic mass is 35.5. The Balaban J connectivity index is 1.17. The molecule has 3 amide bonds. The Morgan fingerprint density at radius 2 is 1.55 bits per heavy atom. The number of aliphatic hydroxyl groups is 3. The first-order valence-corrected chi connectivity index (χ1v) is 32.4. The summed E-state index contributed by atoms with van der Waals surface area (Å²) in [6.45, 7) is 18.7. The molecule has 89 heavy (non-hydrogen) atoms. The van der Waals surface area contributed by atoms with E-state index in [1.807, 2.05) is 30.0 Å². The standard InChI is InChI=1S/C64H97Cl2N5O18/c1-15-50-63(10)64(78,71(60(77)89-63)24-18-23-70(35-44-45(65)33-67-34-46(44)66)42-21-22-48(79-12)49(30-42)85-43-19-16-17-20-43)40(6)52(72)36(2)31-62(9,81-14)56(88-58-53(73)47(29-37(3)83-58)68(11)59(76)69-25-27-82-28-26-69)38(4)54(39(5)57(75)86-50)87-51-32-61(8,80-13)55(74)41(7)84-51/h21-22,30,33-34,36-41,43,47,50-51,53-56,58,73-74,78H,15-20,23-29,31-32,35H2,1-14H3/t36-,37-,38+,39-,40+,41+,47+,50-,51+,53-,54+,55+,56-,58+,61-,62-,63-,64+/m1/s1. The summed E-state index contributed by atoms with van der Waals surface area (Å²) in [7, 11) is 6.16. The number of halogens is 2. The summed E-state index contributed by atoms with van der Waals surface area (Å²) < 4.78 is 70.0. The number of esters is 1. The second kappa shape index (κ2) is 29.3. The number of hydrogen-bond acceptors (Lipinski definition) is 20. The van der Waals surface area contributed by atoms with E-state index in [9.17, 15) is 24.9 Å². The number of benzene rings is 1. The number of morpholine rings is 1. The first-order valence-electron chi connectivity index (χ1n) is 31.6. The SMILES string of the molecule is CC[C@H]1OC(=O)[C@H](C)[C@@H](O[C@H]2C[C@@](C)(OC)[C@@H](O)[C@H](C)O2)[C@H](C)[C@@H](O[C@@H]2O[C@H](C)C[C@H](N(C)C(=O)N3CCOCC3)[C@H]2O)[C@](C)(OC)C[C@@H](C)C(=O)[C@H](C)[C@@]2(O)N(CCCN(Cc3c(Cl)cncc3Cl)c3ccc(OC)c(OC4CCCC4)c3)C(=O)O[C@]12C. The predicted octanol–water partition coefficient (Wildman–Crippen LogP) is 8.18. The lowest BCUT2D eigenvalue weighted by Gasteiger charge is -2.50. The van der Waals surface area contributed by atoms with Crippen molar-refractivity contribution in [3.05, 3.63) is 46.2 Å². The van der Waals surface area contributed by atoms with Gasteiger partial charge >= 0.3 is 18.1 Å². The molecule has 0 unspecified atom stereocenters. The Morgan fingerprint density at radius 1 is 0.888 bits per heavy atom. The largest absolute Gasteiger partial charge is 0.493 e. The third kappa shape index (κ3) is 14.6. The van der Waals surface area contributed by atoms with Crippen LogP contribution in [-0.2, 0) is 58.8 Å². The lowest BCUT2D eigenvalue weighted by Crippen LogP contribution is -2.68. The van der Waals surface area contributed by atoms with Gasteiger partial charge < -0.3 is 82.1 Å². The Bertz CT molecular complexity index is 2740. The van der Waals surface area contributed by atoms with Crippen molar-refractivity contribution in [3.63, 3.8) is 0 Å². The molecule has 6 heterocycles. The number of hydrogen-bond donors (Lipinski definition) is 3. The molecule has 8 rings (SSSR count). The van der Waals surface area contributed by atoms with E-state index in [0.717, 1.165) is 31.4 Å². The first kappa shape index (κ1) is 70.5. The monoisotopic (exact) mass is 1290 g/mol. The number of methoxy groups -OCH3 is 3. The number of fused-ring (bicyclic) bond motifs is 1. The molecule has 25 heteroatoms. The molecular weight excluding hydrogens is 1200 g/mol. The van der Waals surface area contributed by atoms with E-state index in [2.05, 4.69) is 4.98 Å². The second-order valence-corrected chi connectivity index (χ2v) is 26.8. The number of urea groups is 1. The molecule has 5 saturated heterocycles. The fourth-order valence-corrected chi connectivity index (χ4v) is 14.9. The van der Waals surface area contributed by atoms with Crippen molar-refractivity contribution >= 4 is 52.8 Å². The van der Waals surface area contributed by atoms with Gasteiger partial charge in [0.05, 0.1) is 90.0 Å². The number of cyclic esters (lactones) is 1. The van der Waals surface area contributed by atoms with E-state index < -0.39 is 125 Å². The minimum absolute atomic E-state index is 0.0133. The Hall–Kier alpha value is -4.37. The average molecular weight is 1300 g/mol. The van der Waals surface area contributed by atoms with Crippen LogP contribution in [0.4, 0.5) is 15.3 Å². The molecule has 0 radical (unpaired) electrons. The Labute approximate surface area is 534 Å². The summed E-state index contributed by atoms with van der Waals surface area (Å²) >= 11 is 13.5. The maximum Gasteiger partial charge on any atom is 0.413 e. The number of likely N-dealkylation sites (N-methyl/N-ethyl adjacent to an activating group) is 1. The van der Waals surface area contributed by atoms with Crippen molar-refractivity contribution in [3.8, 4) is 11.5 Å². The molecule has 5 aliphatic heterocycles. The normalized spacial score (nSPS) is 36.9. The average Bonchev–Trinajstić information content (AvgIpc) is 1.71. The zero-order chi connectivity index (χ0) is 65.1. The molecule has 6 aliphatic rings. The van der Waals surface area contributed by atoms with Gasteiger partial charge in [-0.05, 0) is 105 Å². The van der Waals surface area contributed by atoms with Crippen LogP contribution < -0.4 is 14.4 Å². The first-order chi connectivity index (χ1) is 42.1. The van der Waals surface area contributed by atoms with Gasteiger partial charge in [-0.2, -0.15) is 0 Å². The highest BCUT2D eigenvalue weighted by Gasteiger charge is 2.70. The summed E-state index contributed by atoms with van der Waals surface area (Å²) in [4.78, 5) is 70.4. The zero-order valence-electron chi connectivity index (χ0n) is 54.3. The summed E-state index contributed by atoms with van der Waals surface area (Å²) in [5.41, 5.74) is -5.88. The van der Waals surface area contributed by atoms with E-state index >= 15 is 9.59 Å². The lowest BCUT2D eigenvalue weighted by molar-refractivity contribution is -0.319. The molecule has 1 aromatic carbocycles. The molecule has 1 saturated carbocycles. The van der Waals surface area contributed by atoms with Crippen LogP contribution in [-0.4, -0.2) is 217 Å². The van der Waals surface area contributed by atoms with E-state index in [0.29, 0.717) is 53.4 Å². The molecular formula is C64H97Cl2N5O18. The summed E-state index contributed by atoms with van der Waals surface area (Å²) in [5, 5.41) is 38.2. The van der Waals surface area contributed by atoms with E-state index in [1.54, 1.807) is 74.4 Å². The molecule has 1 aliphatic carbocycles. The Morgan fingerprint density at radius 3 is 2.18 bits per heavy atom. The third-order valence-electron chi connectivity index (χ3n) is 20.0. The second-order valence-electron chi connectivity index (χ2n) is 26.0. The zero-order valence-corrected chi connectivity index (χ0v) is 55.8. The van der Waals surface area contributed by atoms with Crippen LogP contribution in [0, 0.1) is 23.7 Å². The molecule has 0 bridgehead atoms. The fraction of sp³-hybridized carbons (Fsp3) is 0.766. The molecule has 0 spiro atoms. The molecule has 1 aromatic heterocycles. The van der Waals surface area contributed by atoms with Crippen molar-refractivity contribution in [1.29, 1.82) is 0 Å².